The molecule has 0 aliphatic heterocycles. The van der Waals surface area contributed by atoms with E-state index in [0.29, 0.717) is 11.8 Å². The molecule has 1 N–H and O–H groups in total. The molecule has 1 aromatic heterocycles. The molecule has 1 heterocycles. The van der Waals surface area contributed by atoms with Gasteiger partial charge in [-0.15, -0.1) is 10.2 Å². The van der Waals surface area contributed by atoms with E-state index in [9.17, 15) is 4.79 Å². The highest BCUT2D eigenvalue weighted by Gasteiger charge is 2.19. The van der Waals surface area contributed by atoms with Crippen molar-refractivity contribution >= 4 is 11.9 Å². The normalized spacial score (nSPS) is 11.3. The van der Waals surface area contributed by atoms with E-state index in [2.05, 4.69) is 15.5 Å². The molecule has 0 aliphatic carbocycles. The lowest BCUT2D eigenvalue weighted by Gasteiger charge is -2.19. The maximum absolute atomic E-state index is 11.6. The van der Waals surface area contributed by atoms with Gasteiger partial charge in [0, 0.05) is 14.1 Å². The topological polar surface area (TPSA) is 69.0 Å². The Bertz CT molecular complexity index is 379. The SMILES string of the molecule is CNc1nnc(CC(=O)OC(C)(C)C)n1C. The molecule has 6 heteroatoms. The van der Waals surface area contributed by atoms with E-state index in [0.717, 1.165) is 0 Å². The summed E-state index contributed by atoms with van der Waals surface area (Å²) >= 11 is 0. The first kappa shape index (κ1) is 12.5. The molecule has 0 atom stereocenters. The van der Waals surface area contributed by atoms with Crippen molar-refractivity contribution in [1.82, 2.24) is 14.8 Å². The van der Waals surface area contributed by atoms with E-state index in [1.54, 1.807) is 18.7 Å². The van der Waals surface area contributed by atoms with Gasteiger partial charge in [-0.1, -0.05) is 0 Å². The number of nitrogens with one attached hydrogen (secondary N) is 1. The minimum Gasteiger partial charge on any atom is -0.460 e. The number of aromatic nitrogens is 3. The van der Waals surface area contributed by atoms with Crippen molar-refractivity contribution in [3.63, 3.8) is 0 Å². The van der Waals surface area contributed by atoms with Crippen LogP contribution in [-0.4, -0.2) is 33.4 Å². The molecule has 0 saturated carbocycles. The average Bonchev–Trinajstić information content (AvgIpc) is 2.44. The summed E-state index contributed by atoms with van der Waals surface area (Å²) in [5, 5.41) is 10.7. The largest absolute Gasteiger partial charge is 0.460 e. The van der Waals surface area contributed by atoms with Crippen molar-refractivity contribution in [3.8, 4) is 0 Å². The number of hydrogen-bond acceptors (Lipinski definition) is 5. The Morgan fingerprint density at radius 3 is 2.50 bits per heavy atom. The number of esters is 1. The molecule has 0 aliphatic rings. The van der Waals surface area contributed by atoms with Gasteiger partial charge in [0.05, 0.1) is 0 Å². The zero-order valence-corrected chi connectivity index (χ0v) is 10.4. The summed E-state index contributed by atoms with van der Waals surface area (Å²) in [6.45, 7) is 5.50. The summed E-state index contributed by atoms with van der Waals surface area (Å²) in [5.74, 6) is 0.905. The van der Waals surface area contributed by atoms with Crippen LogP contribution >= 0.6 is 0 Å². The van der Waals surface area contributed by atoms with Crippen LogP contribution in [0, 0.1) is 0 Å². The molecule has 16 heavy (non-hydrogen) atoms. The Balaban J connectivity index is 2.67. The minimum absolute atomic E-state index is 0.127. The summed E-state index contributed by atoms with van der Waals surface area (Å²) < 4.78 is 6.93. The summed E-state index contributed by atoms with van der Waals surface area (Å²) in [6, 6.07) is 0. The summed E-state index contributed by atoms with van der Waals surface area (Å²) in [6.07, 6.45) is 0.127. The molecular formula is C10H18N4O2. The van der Waals surface area contributed by atoms with Crippen LogP contribution in [0.1, 0.15) is 26.6 Å². The second-order valence-electron chi connectivity index (χ2n) is 4.51. The van der Waals surface area contributed by atoms with E-state index >= 15 is 0 Å². The van der Waals surface area contributed by atoms with Crippen molar-refractivity contribution < 1.29 is 9.53 Å². The van der Waals surface area contributed by atoms with Crippen LogP contribution in [0.4, 0.5) is 5.95 Å². The molecule has 1 rings (SSSR count). The van der Waals surface area contributed by atoms with Gasteiger partial charge in [0.1, 0.15) is 17.8 Å². The smallest absolute Gasteiger partial charge is 0.314 e. The van der Waals surface area contributed by atoms with Crippen LogP contribution in [0.15, 0.2) is 0 Å². The van der Waals surface area contributed by atoms with Gasteiger partial charge < -0.3 is 14.6 Å². The molecule has 0 aromatic carbocycles. The lowest BCUT2D eigenvalue weighted by Crippen LogP contribution is -2.25. The van der Waals surface area contributed by atoms with Crippen LogP contribution < -0.4 is 5.32 Å². The Hall–Kier alpha value is -1.59. The highest BCUT2D eigenvalue weighted by molar-refractivity contribution is 5.72. The van der Waals surface area contributed by atoms with Gasteiger partial charge >= 0.3 is 5.97 Å². The van der Waals surface area contributed by atoms with Crippen molar-refractivity contribution in [1.29, 1.82) is 0 Å². The molecule has 0 fully saturated rings. The number of carbonyl (C=O) groups excluding carboxylic acids is 1. The fourth-order valence-electron chi connectivity index (χ4n) is 1.24. The van der Waals surface area contributed by atoms with Crippen molar-refractivity contribution in [2.45, 2.75) is 32.8 Å². The van der Waals surface area contributed by atoms with E-state index in [1.807, 2.05) is 20.8 Å². The molecule has 90 valence electrons. The predicted octanol–water partition coefficient (Wildman–Crippen LogP) is 0.741. The summed E-state index contributed by atoms with van der Waals surface area (Å²) in [5.41, 5.74) is -0.471. The van der Waals surface area contributed by atoms with Crippen LogP contribution in [0.5, 0.6) is 0 Å². The van der Waals surface area contributed by atoms with Gasteiger partial charge in [0.2, 0.25) is 5.95 Å². The fourth-order valence-corrected chi connectivity index (χ4v) is 1.24. The number of rotatable bonds is 3. The molecule has 0 radical (unpaired) electrons. The molecule has 0 unspecified atom stereocenters. The van der Waals surface area contributed by atoms with Gasteiger partial charge in [-0.05, 0) is 20.8 Å². The zero-order valence-electron chi connectivity index (χ0n) is 10.4. The summed E-state index contributed by atoms with van der Waals surface area (Å²) in [7, 11) is 3.55. The number of anilines is 1. The Kier molecular flexibility index (Phi) is 3.51. The first-order valence-corrected chi connectivity index (χ1v) is 5.11. The molecule has 0 saturated heterocycles. The number of hydrogen-bond donors (Lipinski definition) is 1. The van der Waals surface area contributed by atoms with Crippen molar-refractivity contribution in [2.24, 2.45) is 7.05 Å². The second-order valence-corrected chi connectivity index (χ2v) is 4.51. The van der Waals surface area contributed by atoms with Crippen molar-refractivity contribution in [3.05, 3.63) is 5.82 Å². The van der Waals surface area contributed by atoms with E-state index in [-0.39, 0.29) is 12.4 Å². The standard InChI is InChI=1S/C10H18N4O2/c1-10(2,3)16-8(15)6-7-12-13-9(11-4)14(7)5/h6H2,1-5H3,(H,11,13). The molecule has 0 bridgehead atoms. The highest BCUT2D eigenvalue weighted by Crippen LogP contribution is 2.10. The van der Waals surface area contributed by atoms with Crippen LogP contribution in [-0.2, 0) is 23.0 Å². The van der Waals surface area contributed by atoms with Crippen molar-refractivity contribution in [2.75, 3.05) is 12.4 Å². The van der Waals surface area contributed by atoms with Gasteiger partial charge in [0.25, 0.3) is 0 Å². The average molecular weight is 226 g/mol. The molecule has 1 aromatic rings. The number of nitrogens with zero attached hydrogens (tertiary/aromatic N) is 3. The lowest BCUT2D eigenvalue weighted by molar-refractivity contribution is -0.154. The molecule has 0 spiro atoms. The third-order valence-corrected chi connectivity index (χ3v) is 1.91. The van der Waals surface area contributed by atoms with E-state index in [1.165, 1.54) is 0 Å². The first-order chi connectivity index (χ1) is 7.33. The third-order valence-electron chi connectivity index (χ3n) is 1.91. The van der Waals surface area contributed by atoms with Gasteiger partial charge in [-0.25, -0.2) is 0 Å². The van der Waals surface area contributed by atoms with Gasteiger partial charge in [-0.3, -0.25) is 4.79 Å². The second kappa shape index (κ2) is 4.51. The summed E-state index contributed by atoms with van der Waals surface area (Å²) in [4.78, 5) is 11.6. The van der Waals surface area contributed by atoms with E-state index in [4.69, 9.17) is 4.74 Å². The molecule has 0 amide bonds. The quantitative estimate of drug-likeness (QED) is 0.770. The number of carbonyl (C=O) groups is 1. The van der Waals surface area contributed by atoms with Crippen LogP contribution in [0.25, 0.3) is 0 Å². The highest BCUT2D eigenvalue weighted by atomic mass is 16.6. The monoisotopic (exact) mass is 226 g/mol. The first-order valence-electron chi connectivity index (χ1n) is 5.11. The zero-order chi connectivity index (χ0) is 12.3. The maximum atomic E-state index is 11.6. The Morgan fingerprint density at radius 2 is 2.06 bits per heavy atom. The minimum atomic E-state index is -0.471. The van der Waals surface area contributed by atoms with Crippen LogP contribution in [0.3, 0.4) is 0 Å². The maximum Gasteiger partial charge on any atom is 0.314 e. The molecule has 6 nitrogen and oxygen atoms in total. The fraction of sp³-hybridized carbons (Fsp3) is 0.700. The van der Waals surface area contributed by atoms with Gasteiger partial charge in [0.15, 0.2) is 0 Å². The Morgan fingerprint density at radius 1 is 1.44 bits per heavy atom. The third kappa shape index (κ3) is 3.22. The van der Waals surface area contributed by atoms with Gasteiger partial charge in [-0.2, -0.15) is 0 Å². The molecular weight excluding hydrogens is 208 g/mol. The lowest BCUT2D eigenvalue weighted by atomic mass is 10.2. The number of ether oxygens (including phenoxy) is 1. The van der Waals surface area contributed by atoms with E-state index < -0.39 is 5.60 Å². The van der Waals surface area contributed by atoms with Crippen LogP contribution in [0.2, 0.25) is 0 Å². The predicted molar refractivity (Wildman–Crippen MR) is 60.1 cm³/mol. The Labute approximate surface area is 95.0 Å².